The summed E-state index contributed by atoms with van der Waals surface area (Å²) in [6.07, 6.45) is 3.77. The summed E-state index contributed by atoms with van der Waals surface area (Å²) < 4.78 is 0. The van der Waals surface area contributed by atoms with Crippen molar-refractivity contribution in [1.82, 2.24) is 9.97 Å². The van der Waals surface area contributed by atoms with Crippen molar-refractivity contribution in [2.24, 2.45) is 0 Å². The zero-order chi connectivity index (χ0) is 15.6. The maximum Gasteiger partial charge on any atom is 0.0783 e. The molecule has 2 aromatic heterocycles. The molecule has 0 aliphatic heterocycles. The fourth-order valence-electron chi connectivity index (χ4n) is 4.06. The van der Waals surface area contributed by atoms with Gasteiger partial charge in [-0.3, -0.25) is 9.97 Å². The van der Waals surface area contributed by atoms with Gasteiger partial charge in [0.05, 0.1) is 11.2 Å². The molecule has 110 valence electrons. The highest BCUT2D eigenvalue weighted by Crippen LogP contribution is 2.51. The second kappa shape index (κ2) is 4.17. The van der Waals surface area contributed by atoms with Gasteiger partial charge in [0.2, 0.25) is 0 Å². The Kier molecular flexibility index (Phi) is 2.31. The van der Waals surface area contributed by atoms with Crippen LogP contribution in [-0.4, -0.2) is 9.97 Å². The molecule has 5 rings (SSSR count). The SMILES string of the molecule is CC1(C)c2cccnc2-c2ccc3ccc4cccnc4c3c21. The van der Waals surface area contributed by atoms with Crippen LogP contribution in [-0.2, 0) is 5.41 Å². The summed E-state index contributed by atoms with van der Waals surface area (Å²) in [5.41, 5.74) is 6.04. The molecule has 0 atom stereocenters. The van der Waals surface area contributed by atoms with Crippen LogP contribution in [0.3, 0.4) is 0 Å². The van der Waals surface area contributed by atoms with E-state index in [2.05, 4.69) is 55.2 Å². The fourth-order valence-corrected chi connectivity index (χ4v) is 4.06. The zero-order valence-electron chi connectivity index (χ0n) is 13.2. The molecule has 0 saturated carbocycles. The van der Waals surface area contributed by atoms with Crippen LogP contribution in [0, 0.1) is 0 Å². The summed E-state index contributed by atoms with van der Waals surface area (Å²) in [5, 5.41) is 3.70. The average Bonchev–Trinajstić information content (AvgIpc) is 2.83. The molecule has 0 amide bonds. The van der Waals surface area contributed by atoms with Crippen molar-refractivity contribution >= 4 is 21.7 Å². The minimum atomic E-state index is -0.0652. The van der Waals surface area contributed by atoms with Crippen molar-refractivity contribution < 1.29 is 0 Å². The molecule has 4 aromatic rings. The summed E-state index contributed by atoms with van der Waals surface area (Å²) in [6, 6.07) is 17.1. The van der Waals surface area contributed by atoms with Gasteiger partial charge < -0.3 is 0 Å². The van der Waals surface area contributed by atoms with E-state index >= 15 is 0 Å². The molecular weight excluding hydrogens is 280 g/mol. The van der Waals surface area contributed by atoms with Crippen LogP contribution >= 0.6 is 0 Å². The van der Waals surface area contributed by atoms with Crippen molar-refractivity contribution in [2.75, 3.05) is 0 Å². The Bertz CT molecular complexity index is 1090. The van der Waals surface area contributed by atoms with E-state index in [0.717, 1.165) is 11.2 Å². The highest BCUT2D eigenvalue weighted by molar-refractivity contribution is 6.10. The Hall–Kier alpha value is -2.74. The van der Waals surface area contributed by atoms with Crippen LogP contribution in [0.5, 0.6) is 0 Å². The summed E-state index contributed by atoms with van der Waals surface area (Å²) in [6.45, 7) is 4.58. The van der Waals surface area contributed by atoms with Gasteiger partial charge in [0.25, 0.3) is 0 Å². The first kappa shape index (κ1) is 12.8. The molecule has 0 bridgehead atoms. The lowest BCUT2D eigenvalue weighted by molar-refractivity contribution is 0.665. The van der Waals surface area contributed by atoms with Crippen LogP contribution in [0.1, 0.15) is 25.0 Å². The van der Waals surface area contributed by atoms with E-state index in [-0.39, 0.29) is 5.41 Å². The van der Waals surface area contributed by atoms with E-state index in [1.165, 1.54) is 32.8 Å². The van der Waals surface area contributed by atoms with E-state index in [9.17, 15) is 0 Å². The number of fused-ring (bicyclic) bond motifs is 7. The topological polar surface area (TPSA) is 25.8 Å². The lowest BCUT2D eigenvalue weighted by Crippen LogP contribution is -2.15. The molecule has 2 aromatic carbocycles. The third kappa shape index (κ3) is 1.53. The lowest BCUT2D eigenvalue weighted by Gasteiger charge is -2.23. The van der Waals surface area contributed by atoms with Crippen molar-refractivity contribution in [3.63, 3.8) is 0 Å². The van der Waals surface area contributed by atoms with E-state index in [0.29, 0.717) is 0 Å². The van der Waals surface area contributed by atoms with Crippen LogP contribution in [0.25, 0.3) is 32.9 Å². The highest BCUT2D eigenvalue weighted by Gasteiger charge is 2.38. The van der Waals surface area contributed by atoms with Gasteiger partial charge in [-0.25, -0.2) is 0 Å². The molecule has 0 spiro atoms. The Morgan fingerprint density at radius 2 is 1.52 bits per heavy atom. The molecule has 2 nitrogen and oxygen atoms in total. The van der Waals surface area contributed by atoms with Gasteiger partial charge in [-0.2, -0.15) is 0 Å². The third-order valence-electron chi connectivity index (χ3n) is 5.12. The molecule has 0 saturated heterocycles. The number of benzene rings is 2. The predicted molar refractivity (Wildman–Crippen MR) is 94.6 cm³/mol. The van der Waals surface area contributed by atoms with Gasteiger partial charge in [-0.15, -0.1) is 0 Å². The van der Waals surface area contributed by atoms with Crippen LogP contribution in [0.4, 0.5) is 0 Å². The van der Waals surface area contributed by atoms with Crippen LogP contribution in [0.15, 0.2) is 60.9 Å². The molecule has 0 radical (unpaired) electrons. The van der Waals surface area contributed by atoms with Crippen molar-refractivity contribution in [3.05, 3.63) is 72.1 Å². The second-order valence-corrected chi connectivity index (χ2v) is 6.75. The molecule has 2 heterocycles. The molecule has 2 heteroatoms. The number of rotatable bonds is 0. The summed E-state index contributed by atoms with van der Waals surface area (Å²) in [4.78, 5) is 9.36. The third-order valence-corrected chi connectivity index (χ3v) is 5.12. The van der Waals surface area contributed by atoms with Crippen molar-refractivity contribution in [1.29, 1.82) is 0 Å². The Balaban J connectivity index is 2.04. The summed E-state index contributed by atoms with van der Waals surface area (Å²) in [7, 11) is 0. The zero-order valence-corrected chi connectivity index (χ0v) is 13.2. The maximum absolute atomic E-state index is 4.69. The fraction of sp³-hybridized carbons (Fsp3) is 0.143. The predicted octanol–water partition coefficient (Wildman–Crippen LogP) is 5.09. The van der Waals surface area contributed by atoms with Crippen molar-refractivity contribution in [3.8, 4) is 11.3 Å². The molecule has 0 unspecified atom stereocenters. The first-order valence-corrected chi connectivity index (χ1v) is 7.95. The largest absolute Gasteiger partial charge is 0.256 e. The molecule has 1 aliphatic carbocycles. The van der Waals surface area contributed by atoms with Crippen molar-refractivity contribution in [2.45, 2.75) is 19.3 Å². The van der Waals surface area contributed by atoms with E-state index < -0.39 is 0 Å². The minimum absolute atomic E-state index is 0.0652. The minimum Gasteiger partial charge on any atom is -0.256 e. The lowest BCUT2D eigenvalue weighted by atomic mass is 9.80. The Morgan fingerprint density at radius 1 is 0.783 bits per heavy atom. The summed E-state index contributed by atoms with van der Waals surface area (Å²) >= 11 is 0. The Morgan fingerprint density at radius 3 is 2.43 bits per heavy atom. The van der Waals surface area contributed by atoms with Crippen LogP contribution < -0.4 is 0 Å². The molecule has 0 fully saturated rings. The van der Waals surface area contributed by atoms with Crippen LogP contribution in [0.2, 0.25) is 0 Å². The first-order valence-electron chi connectivity index (χ1n) is 7.95. The van der Waals surface area contributed by atoms with Gasteiger partial charge in [0, 0.05) is 34.1 Å². The number of hydrogen-bond acceptors (Lipinski definition) is 2. The van der Waals surface area contributed by atoms with E-state index in [1.807, 2.05) is 24.5 Å². The van der Waals surface area contributed by atoms with Gasteiger partial charge in [-0.05, 0) is 28.6 Å². The van der Waals surface area contributed by atoms with Gasteiger partial charge in [0.1, 0.15) is 0 Å². The highest BCUT2D eigenvalue weighted by atomic mass is 14.7. The molecule has 1 aliphatic rings. The number of nitrogens with zero attached hydrogens (tertiary/aromatic N) is 2. The molecule has 0 N–H and O–H groups in total. The van der Waals surface area contributed by atoms with Gasteiger partial charge in [0.15, 0.2) is 0 Å². The van der Waals surface area contributed by atoms with E-state index in [4.69, 9.17) is 4.98 Å². The molecular formula is C21H16N2. The number of pyridine rings is 2. The number of hydrogen-bond donors (Lipinski definition) is 0. The summed E-state index contributed by atoms with van der Waals surface area (Å²) in [5.74, 6) is 0. The van der Waals surface area contributed by atoms with Gasteiger partial charge in [-0.1, -0.05) is 50.2 Å². The van der Waals surface area contributed by atoms with Gasteiger partial charge >= 0.3 is 0 Å². The number of aromatic nitrogens is 2. The smallest absolute Gasteiger partial charge is 0.0783 e. The normalized spacial score (nSPS) is 14.9. The Labute approximate surface area is 134 Å². The maximum atomic E-state index is 4.69. The average molecular weight is 296 g/mol. The monoisotopic (exact) mass is 296 g/mol. The second-order valence-electron chi connectivity index (χ2n) is 6.75. The van der Waals surface area contributed by atoms with E-state index in [1.54, 1.807) is 0 Å². The quantitative estimate of drug-likeness (QED) is 0.422. The first-order chi connectivity index (χ1) is 11.2. The standard InChI is InChI=1S/C21H16N2/c1-21(2)16-6-4-12-23-20(16)15-10-9-13-7-8-14-5-3-11-22-19(14)17(13)18(15)21/h3-12H,1-2H3. The molecule has 23 heavy (non-hydrogen) atoms.